The number of aromatic nitrogens is 2. The third-order valence-electron chi connectivity index (χ3n) is 5.45. The van der Waals surface area contributed by atoms with Gasteiger partial charge in [0.05, 0.1) is 29.8 Å². The van der Waals surface area contributed by atoms with Crippen molar-refractivity contribution in [3.63, 3.8) is 0 Å². The van der Waals surface area contributed by atoms with Gasteiger partial charge in [0.25, 0.3) is 5.56 Å². The lowest BCUT2D eigenvalue weighted by molar-refractivity contribution is -0.144. The van der Waals surface area contributed by atoms with Crippen molar-refractivity contribution in [2.75, 3.05) is 7.11 Å². The van der Waals surface area contributed by atoms with Crippen LogP contribution in [0.1, 0.15) is 18.1 Å². The Morgan fingerprint density at radius 3 is 2.55 bits per heavy atom. The van der Waals surface area contributed by atoms with Gasteiger partial charge in [-0.2, -0.15) is 22.9 Å². The van der Waals surface area contributed by atoms with Gasteiger partial charge in [-0.25, -0.2) is 9.78 Å². The summed E-state index contributed by atoms with van der Waals surface area (Å²) in [6.07, 6.45) is -4.44. The van der Waals surface area contributed by atoms with Crippen molar-refractivity contribution in [2.45, 2.75) is 19.2 Å². The number of halogens is 4. The predicted molar refractivity (Wildman–Crippen MR) is 138 cm³/mol. The molecule has 196 valence electrons. The number of ether oxygens (including phenoxy) is 2. The lowest BCUT2D eigenvalue weighted by atomic mass is 10.1. The van der Waals surface area contributed by atoms with Crippen LogP contribution in [-0.2, 0) is 11.0 Å². The number of methoxy groups -OCH3 is 1. The zero-order valence-corrected chi connectivity index (χ0v) is 21.4. The highest BCUT2D eigenvalue weighted by Gasteiger charge is 2.31. The van der Waals surface area contributed by atoms with E-state index in [9.17, 15) is 22.8 Å². The van der Waals surface area contributed by atoms with Crippen molar-refractivity contribution in [1.82, 2.24) is 9.66 Å². The Bertz CT molecular complexity index is 1620. The van der Waals surface area contributed by atoms with E-state index in [1.807, 2.05) is 0 Å². The number of alkyl halides is 3. The van der Waals surface area contributed by atoms with Crippen LogP contribution in [0.2, 0.25) is 0 Å². The van der Waals surface area contributed by atoms with Crippen molar-refractivity contribution in [3.8, 4) is 22.9 Å². The van der Waals surface area contributed by atoms with Crippen molar-refractivity contribution < 1.29 is 32.5 Å². The Kier molecular flexibility index (Phi) is 7.53. The van der Waals surface area contributed by atoms with Crippen LogP contribution in [0.5, 0.6) is 11.5 Å². The van der Waals surface area contributed by atoms with Crippen LogP contribution < -0.4 is 15.0 Å². The van der Waals surface area contributed by atoms with E-state index in [1.54, 1.807) is 24.3 Å². The molecule has 0 amide bonds. The summed E-state index contributed by atoms with van der Waals surface area (Å²) in [5, 5.41) is 13.6. The quantitative estimate of drug-likeness (QED) is 0.282. The van der Waals surface area contributed by atoms with E-state index < -0.39 is 29.4 Å². The SMILES string of the molecule is COc1cc(C=Nn2c(-c3cccc(C(F)(F)F)c3)nc3ccccc3c2=O)c(Br)cc1O[C@H](C)C(=O)O. The topological polar surface area (TPSA) is 103 Å². The number of aliphatic carboxylic acids is 1. The first-order valence-corrected chi connectivity index (χ1v) is 11.8. The fraction of sp³-hybridized carbons (Fsp3) is 0.154. The van der Waals surface area contributed by atoms with Gasteiger partial charge in [0, 0.05) is 15.6 Å². The van der Waals surface area contributed by atoms with E-state index in [0.29, 0.717) is 15.6 Å². The van der Waals surface area contributed by atoms with Gasteiger partial charge < -0.3 is 14.6 Å². The molecule has 0 aliphatic carbocycles. The summed E-state index contributed by atoms with van der Waals surface area (Å²) in [5.41, 5.74) is -0.729. The molecule has 0 saturated heterocycles. The zero-order chi connectivity index (χ0) is 27.6. The average Bonchev–Trinajstić information content (AvgIpc) is 2.88. The second-order valence-electron chi connectivity index (χ2n) is 8.02. The van der Waals surface area contributed by atoms with Gasteiger partial charge in [0.1, 0.15) is 0 Å². The maximum Gasteiger partial charge on any atom is 0.416 e. The standard InChI is InChI=1S/C26H19BrF3N3O5/c1-14(25(35)36)38-22-12-19(27)16(11-21(22)37-2)13-31-33-23(15-6-5-7-17(10-15)26(28,29)30)32-20-9-4-3-8-18(20)24(33)34/h3-14H,1-2H3,(H,35,36)/t14-/m1/s1. The number of carboxylic acid groups (broad SMARTS) is 1. The Labute approximate surface area is 222 Å². The number of hydrogen-bond acceptors (Lipinski definition) is 6. The van der Waals surface area contributed by atoms with E-state index >= 15 is 0 Å². The number of carbonyl (C=O) groups is 1. The van der Waals surface area contributed by atoms with Crippen molar-refractivity contribution in [2.24, 2.45) is 5.10 Å². The maximum atomic E-state index is 13.4. The molecule has 0 unspecified atom stereocenters. The second-order valence-corrected chi connectivity index (χ2v) is 8.87. The molecule has 1 N–H and O–H groups in total. The molecular weight excluding hydrogens is 571 g/mol. The molecule has 8 nitrogen and oxygen atoms in total. The summed E-state index contributed by atoms with van der Waals surface area (Å²) in [7, 11) is 1.37. The average molecular weight is 590 g/mol. The summed E-state index contributed by atoms with van der Waals surface area (Å²) < 4.78 is 52.2. The largest absolute Gasteiger partial charge is 0.493 e. The van der Waals surface area contributed by atoms with Crippen LogP contribution in [-0.4, -0.2) is 40.2 Å². The van der Waals surface area contributed by atoms with E-state index in [-0.39, 0.29) is 28.3 Å². The van der Waals surface area contributed by atoms with E-state index in [0.717, 1.165) is 16.8 Å². The van der Waals surface area contributed by atoms with Crippen molar-refractivity contribution in [3.05, 3.63) is 86.6 Å². The van der Waals surface area contributed by atoms with Gasteiger partial charge in [-0.05, 0) is 59.3 Å². The van der Waals surface area contributed by atoms with Gasteiger partial charge in [-0.3, -0.25) is 4.79 Å². The molecule has 1 aromatic heterocycles. The van der Waals surface area contributed by atoms with Crippen molar-refractivity contribution in [1.29, 1.82) is 0 Å². The molecule has 12 heteroatoms. The lowest BCUT2D eigenvalue weighted by Gasteiger charge is -2.15. The third-order valence-corrected chi connectivity index (χ3v) is 6.14. The summed E-state index contributed by atoms with van der Waals surface area (Å²) >= 11 is 3.36. The zero-order valence-electron chi connectivity index (χ0n) is 19.9. The Balaban J connectivity index is 1.86. The number of hydrogen-bond donors (Lipinski definition) is 1. The van der Waals surface area contributed by atoms with Crippen molar-refractivity contribution >= 4 is 39.0 Å². The first-order valence-electron chi connectivity index (χ1n) is 11.0. The smallest absolute Gasteiger partial charge is 0.416 e. The number of nitrogens with zero attached hydrogens (tertiary/aromatic N) is 3. The molecule has 0 saturated carbocycles. The Morgan fingerprint density at radius 2 is 1.87 bits per heavy atom. The van der Waals surface area contributed by atoms with Gasteiger partial charge in [0.2, 0.25) is 0 Å². The lowest BCUT2D eigenvalue weighted by Crippen LogP contribution is -2.23. The second kappa shape index (κ2) is 10.7. The molecule has 0 fully saturated rings. The highest BCUT2D eigenvalue weighted by molar-refractivity contribution is 9.10. The number of benzene rings is 3. The molecule has 3 aromatic carbocycles. The maximum absolute atomic E-state index is 13.4. The summed E-state index contributed by atoms with van der Waals surface area (Å²) in [4.78, 5) is 28.9. The fourth-order valence-electron chi connectivity index (χ4n) is 3.51. The molecule has 0 aliphatic heterocycles. The van der Waals surface area contributed by atoms with Crippen LogP contribution in [0, 0.1) is 0 Å². The molecule has 38 heavy (non-hydrogen) atoms. The minimum Gasteiger partial charge on any atom is -0.493 e. The van der Waals surface area contributed by atoms with Crippen LogP contribution in [0.15, 0.2) is 75.0 Å². The minimum absolute atomic E-state index is 0.0443. The number of fused-ring (bicyclic) bond motifs is 1. The molecular formula is C26H19BrF3N3O5. The van der Waals surface area contributed by atoms with Gasteiger partial charge in [-0.15, -0.1) is 0 Å². The van der Waals surface area contributed by atoms with Crippen LogP contribution in [0.25, 0.3) is 22.3 Å². The highest BCUT2D eigenvalue weighted by Crippen LogP contribution is 2.34. The molecule has 0 radical (unpaired) electrons. The third kappa shape index (κ3) is 5.54. The fourth-order valence-corrected chi connectivity index (χ4v) is 3.94. The summed E-state index contributed by atoms with van der Waals surface area (Å²) in [6.45, 7) is 1.36. The summed E-state index contributed by atoms with van der Waals surface area (Å²) in [6, 6.07) is 13.9. The Hall–Kier alpha value is -4.19. The molecule has 0 bridgehead atoms. The van der Waals surface area contributed by atoms with Gasteiger partial charge in [0.15, 0.2) is 23.4 Å². The minimum atomic E-state index is -4.59. The van der Waals surface area contributed by atoms with Gasteiger partial charge >= 0.3 is 12.1 Å². The Morgan fingerprint density at radius 1 is 1.13 bits per heavy atom. The first kappa shape index (κ1) is 26.9. The molecule has 0 spiro atoms. The molecule has 4 rings (SSSR count). The number of carboxylic acids is 1. The van der Waals surface area contributed by atoms with E-state index in [2.05, 4.69) is 26.0 Å². The van der Waals surface area contributed by atoms with Crippen LogP contribution in [0.3, 0.4) is 0 Å². The molecule has 1 atom stereocenters. The normalized spacial score (nSPS) is 12.6. The monoisotopic (exact) mass is 589 g/mol. The number of para-hydroxylation sites is 1. The van der Waals surface area contributed by atoms with Crippen LogP contribution in [0.4, 0.5) is 13.2 Å². The van der Waals surface area contributed by atoms with E-state index in [1.165, 1.54) is 44.5 Å². The summed E-state index contributed by atoms with van der Waals surface area (Å²) in [5.74, 6) is -0.904. The molecule has 0 aliphatic rings. The molecule has 1 heterocycles. The van der Waals surface area contributed by atoms with Crippen LogP contribution >= 0.6 is 15.9 Å². The molecule has 4 aromatic rings. The van der Waals surface area contributed by atoms with Gasteiger partial charge in [-0.1, -0.05) is 24.3 Å². The first-order chi connectivity index (χ1) is 18.0. The highest BCUT2D eigenvalue weighted by atomic mass is 79.9. The predicted octanol–water partition coefficient (Wildman–Crippen LogP) is 5.59. The van der Waals surface area contributed by atoms with E-state index in [4.69, 9.17) is 14.6 Å². The number of rotatable bonds is 7.